The summed E-state index contributed by atoms with van der Waals surface area (Å²) in [5.41, 5.74) is 0. The van der Waals surface area contributed by atoms with E-state index < -0.39 is 0 Å². The zero-order chi connectivity index (χ0) is 15.8. The van der Waals surface area contributed by atoms with Crippen molar-refractivity contribution in [3.05, 3.63) is 22.4 Å². The van der Waals surface area contributed by atoms with Gasteiger partial charge in [0.05, 0.1) is 11.4 Å². The molecule has 1 aliphatic rings. The van der Waals surface area contributed by atoms with Crippen LogP contribution in [0.25, 0.3) is 0 Å². The summed E-state index contributed by atoms with van der Waals surface area (Å²) in [5.74, 6) is 0.535. The maximum Gasteiger partial charge on any atom is 0.261 e. The van der Waals surface area contributed by atoms with Gasteiger partial charge in [-0.25, -0.2) is 0 Å². The Balaban J connectivity index is 1.52. The lowest BCUT2D eigenvalue weighted by atomic mass is 9.99. The average molecular weight is 323 g/mol. The molecule has 1 aromatic rings. The first-order valence-corrected chi connectivity index (χ1v) is 8.84. The Morgan fingerprint density at radius 2 is 2.09 bits per heavy atom. The van der Waals surface area contributed by atoms with Crippen molar-refractivity contribution in [1.29, 1.82) is 0 Å². The van der Waals surface area contributed by atoms with E-state index >= 15 is 0 Å². The van der Waals surface area contributed by atoms with Gasteiger partial charge in [-0.1, -0.05) is 13.0 Å². The Hall–Kier alpha value is -1.40. The predicted molar refractivity (Wildman–Crippen MR) is 89.1 cm³/mol. The SMILES string of the molecule is CC1CCN(CCCNC(=O)CNC(=O)c2cccs2)CC1. The maximum absolute atomic E-state index is 11.7. The molecule has 0 radical (unpaired) electrons. The third kappa shape index (κ3) is 5.77. The summed E-state index contributed by atoms with van der Waals surface area (Å²) >= 11 is 1.37. The maximum atomic E-state index is 11.7. The van der Waals surface area contributed by atoms with Crippen LogP contribution in [0.15, 0.2) is 17.5 Å². The van der Waals surface area contributed by atoms with Crippen LogP contribution in [0.2, 0.25) is 0 Å². The Morgan fingerprint density at radius 3 is 2.77 bits per heavy atom. The second kappa shape index (κ2) is 8.90. The van der Waals surface area contributed by atoms with Crippen molar-refractivity contribution in [2.75, 3.05) is 32.7 Å². The first-order chi connectivity index (χ1) is 10.6. The number of amides is 2. The van der Waals surface area contributed by atoms with E-state index in [2.05, 4.69) is 22.5 Å². The molecule has 6 heteroatoms. The molecule has 1 aromatic heterocycles. The number of thiophene rings is 1. The first kappa shape index (κ1) is 17.0. The molecule has 2 rings (SSSR count). The summed E-state index contributed by atoms with van der Waals surface area (Å²) in [7, 11) is 0. The molecule has 1 aliphatic heterocycles. The number of hydrogen-bond acceptors (Lipinski definition) is 4. The van der Waals surface area contributed by atoms with Gasteiger partial charge < -0.3 is 15.5 Å². The Labute approximate surface area is 136 Å². The van der Waals surface area contributed by atoms with Crippen molar-refractivity contribution in [2.45, 2.75) is 26.2 Å². The number of nitrogens with zero attached hydrogens (tertiary/aromatic N) is 1. The molecule has 5 nitrogen and oxygen atoms in total. The zero-order valence-electron chi connectivity index (χ0n) is 13.1. The molecular weight excluding hydrogens is 298 g/mol. The summed E-state index contributed by atoms with van der Waals surface area (Å²) in [6, 6.07) is 3.57. The van der Waals surface area contributed by atoms with E-state index in [9.17, 15) is 9.59 Å². The highest BCUT2D eigenvalue weighted by molar-refractivity contribution is 7.12. The number of hydrogen-bond donors (Lipinski definition) is 2. The van der Waals surface area contributed by atoms with Crippen LogP contribution in [0.3, 0.4) is 0 Å². The largest absolute Gasteiger partial charge is 0.355 e. The molecule has 2 N–H and O–H groups in total. The van der Waals surface area contributed by atoms with Gasteiger partial charge in [0.2, 0.25) is 5.91 Å². The second-order valence-electron chi connectivity index (χ2n) is 5.89. The van der Waals surface area contributed by atoms with E-state index in [1.54, 1.807) is 6.07 Å². The summed E-state index contributed by atoms with van der Waals surface area (Å²) in [4.78, 5) is 26.5. The highest BCUT2D eigenvalue weighted by atomic mass is 32.1. The molecule has 1 fully saturated rings. The number of rotatable bonds is 7. The van der Waals surface area contributed by atoms with Gasteiger partial charge in [-0.2, -0.15) is 0 Å². The molecule has 122 valence electrons. The number of carbonyl (C=O) groups excluding carboxylic acids is 2. The molecule has 0 atom stereocenters. The Morgan fingerprint density at radius 1 is 1.32 bits per heavy atom. The molecule has 2 amide bonds. The van der Waals surface area contributed by atoms with Crippen molar-refractivity contribution in [3.63, 3.8) is 0 Å². The predicted octanol–water partition coefficient (Wildman–Crippen LogP) is 1.72. The molecule has 2 heterocycles. The van der Waals surface area contributed by atoms with E-state index in [1.807, 2.05) is 11.4 Å². The molecular formula is C16H25N3O2S. The van der Waals surface area contributed by atoms with Crippen molar-refractivity contribution in [2.24, 2.45) is 5.92 Å². The van der Waals surface area contributed by atoms with E-state index in [4.69, 9.17) is 0 Å². The van der Waals surface area contributed by atoms with Crippen molar-refractivity contribution < 1.29 is 9.59 Å². The lowest BCUT2D eigenvalue weighted by Crippen LogP contribution is -2.38. The molecule has 0 aromatic carbocycles. The zero-order valence-corrected chi connectivity index (χ0v) is 14.0. The van der Waals surface area contributed by atoms with Crippen LogP contribution in [0.4, 0.5) is 0 Å². The van der Waals surface area contributed by atoms with E-state index in [0.717, 1.165) is 18.9 Å². The summed E-state index contributed by atoms with van der Waals surface area (Å²) in [6.45, 7) is 6.40. The fourth-order valence-electron chi connectivity index (χ4n) is 2.53. The van der Waals surface area contributed by atoms with Gasteiger partial charge in [0.25, 0.3) is 5.91 Å². The number of carbonyl (C=O) groups is 2. The highest BCUT2D eigenvalue weighted by Crippen LogP contribution is 2.15. The molecule has 0 saturated carbocycles. The monoisotopic (exact) mass is 323 g/mol. The van der Waals surface area contributed by atoms with Crippen LogP contribution in [0.1, 0.15) is 35.9 Å². The van der Waals surface area contributed by atoms with Crippen LogP contribution in [-0.4, -0.2) is 49.4 Å². The molecule has 0 bridgehead atoms. The number of piperidine rings is 1. The molecule has 0 unspecified atom stereocenters. The fourth-order valence-corrected chi connectivity index (χ4v) is 3.17. The minimum atomic E-state index is -0.187. The van der Waals surface area contributed by atoms with Crippen LogP contribution < -0.4 is 10.6 Å². The van der Waals surface area contributed by atoms with Gasteiger partial charge in [-0.15, -0.1) is 11.3 Å². The Kier molecular flexibility index (Phi) is 6.86. The summed E-state index contributed by atoms with van der Waals surface area (Å²) < 4.78 is 0. The van der Waals surface area contributed by atoms with Crippen LogP contribution in [0, 0.1) is 5.92 Å². The van der Waals surface area contributed by atoms with Crippen LogP contribution in [0.5, 0.6) is 0 Å². The van der Waals surface area contributed by atoms with E-state index in [1.165, 1.54) is 37.3 Å². The second-order valence-corrected chi connectivity index (χ2v) is 6.84. The normalized spacial score (nSPS) is 16.4. The van der Waals surface area contributed by atoms with Gasteiger partial charge in [0.15, 0.2) is 0 Å². The molecule has 0 aliphatic carbocycles. The minimum absolute atomic E-state index is 0.0396. The Bertz CT molecular complexity index is 468. The first-order valence-electron chi connectivity index (χ1n) is 7.96. The smallest absolute Gasteiger partial charge is 0.261 e. The standard InChI is InChI=1S/C16H25N3O2S/c1-13-5-9-19(10-6-13)8-3-7-17-15(20)12-18-16(21)14-4-2-11-22-14/h2,4,11,13H,3,5-10,12H2,1H3,(H,17,20)(H,18,21). The fraction of sp³-hybridized carbons (Fsp3) is 0.625. The van der Waals surface area contributed by atoms with Gasteiger partial charge in [0.1, 0.15) is 0 Å². The van der Waals surface area contributed by atoms with Gasteiger partial charge in [-0.3, -0.25) is 9.59 Å². The average Bonchev–Trinajstić information content (AvgIpc) is 3.05. The summed E-state index contributed by atoms with van der Waals surface area (Å²) in [6.07, 6.45) is 3.52. The number of likely N-dealkylation sites (tertiary alicyclic amines) is 1. The quantitative estimate of drug-likeness (QED) is 0.751. The lowest BCUT2D eigenvalue weighted by Gasteiger charge is -2.30. The van der Waals surface area contributed by atoms with Crippen molar-refractivity contribution >= 4 is 23.2 Å². The van der Waals surface area contributed by atoms with Crippen molar-refractivity contribution in [3.8, 4) is 0 Å². The van der Waals surface area contributed by atoms with Crippen LogP contribution in [-0.2, 0) is 4.79 Å². The molecule has 1 saturated heterocycles. The summed E-state index contributed by atoms with van der Waals surface area (Å²) in [5, 5.41) is 7.33. The molecule has 0 spiro atoms. The third-order valence-electron chi connectivity index (χ3n) is 4.00. The minimum Gasteiger partial charge on any atom is -0.355 e. The third-order valence-corrected chi connectivity index (χ3v) is 4.87. The van der Waals surface area contributed by atoms with Crippen molar-refractivity contribution in [1.82, 2.24) is 15.5 Å². The topological polar surface area (TPSA) is 61.4 Å². The highest BCUT2D eigenvalue weighted by Gasteiger charge is 2.15. The molecule has 22 heavy (non-hydrogen) atoms. The van der Waals surface area contributed by atoms with E-state index in [-0.39, 0.29) is 18.4 Å². The van der Waals surface area contributed by atoms with Gasteiger partial charge in [0, 0.05) is 6.54 Å². The van der Waals surface area contributed by atoms with Crippen LogP contribution >= 0.6 is 11.3 Å². The van der Waals surface area contributed by atoms with E-state index in [0.29, 0.717) is 11.4 Å². The number of nitrogens with one attached hydrogen (secondary N) is 2. The van der Waals surface area contributed by atoms with Gasteiger partial charge >= 0.3 is 0 Å². The lowest BCUT2D eigenvalue weighted by molar-refractivity contribution is -0.120. The van der Waals surface area contributed by atoms with Gasteiger partial charge in [-0.05, 0) is 56.3 Å².